The van der Waals surface area contributed by atoms with Crippen molar-refractivity contribution >= 4 is 7.82 Å². The van der Waals surface area contributed by atoms with Crippen LogP contribution in [0.15, 0.2) is 0 Å². The Labute approximate surface area is 90.1 Å². The zero-order chi connectivity index (χ0) is 12.3. The van der Waals surface area contributed by atoms with Gasteiger partial charge in [0.15, 0.2) is 0 Å². The van der Waals surface area contributed by atoms with E-state index in [1.165, 1.54) is 12.8 Å². The van der Waals surface area contributed by atoms with E-state index in [1.54, 1.807) is 6.92 Å². The first-order valence-corrected chi connectivity index (χ1v) is 6.38. The van der Waals surface area contributed by atoms with Crippen molar-refractivity contribution in [2.75, 3.05) is 13.2 Å². The lowest BCUT2D eigenvalue weighted by molar-refractivity contribution is 0.0446. The smallest absolute Gasteiger partial charge is 0.391 e. The molecule has 0 rings (SSSR count). The maximum Gasteiger partial charge on any atom is 0.466 e. The predicted octanol–water partition coefficient (Wildman–Crippen LogP) is 0.645. The van der Waals surface area contributed by atoms with E-state index in [1.807, 2.05) is 0 Å². The summed E-state index contributed by atoms with van der Waals surface area (Å²) < 4.78 is 14.0. The van der Waals surface area contributed by atoms with Gasteiger partial charge in [0.25, 0.3) is 0 Å². The fourth-order valence-corrected chi connectivity index (χ4v) is 0.708. The third kappa shape index (κ3) is 41.1. The van der Waals surface area contributed by atoms with Crippen molar-refractivity contribution in [1.29, 1.82) is 0 Å². The molecule has 0 aliphatic carbocycles. The molecule has 0 aromatic heterocycles. The third-order valence-corrected chi connectivity index (χ3v) is 1.25. The molecular formula is C8H21O6P. The molecule has 0 aromatic rings. The largest absolute Gasteiger partial charge is 0.466 e. The predicted molar refractivity (Wildman–Crippen MR) is 56.3 cm³/mol. The SMILES string of the molecule is CCCCCOCC(C)O.O=P(O)(O)O. The van der Waals surface area contributed by atoms with Crippen LogP contribution in [0, 0.1) is 0 Å². The second kappa shape index (κ2) is 10.5. The number of phosphoric acid groups is 1. The lowest BCUT2D eigenvalue weighted by Gasteiger charge is -2.04. The number of aliphatic hydroxyl groups excluding tert-OH is 1. The molecule has 0 amide bonds. The summed E-state index contributed by atoms with van der Waals surface area (Å²) in [4.78, 5) is 21.6. The van der Waals surface area contributed by atoms with Crippen molar-refractivity contribution in [3.05, 3.63) is 0 Å². The molecule has 6 nitrogen and oxygen atoms in total. The molecule has 0 aliphatic heterocycles. The van der Waals surface area contributed by atoms with E-state index >= 15 is 0 Å². The highest BCUT2D eigenvalue weighted by atomic mass is 31.2. The fraction of sp³-hybridized carbons (Fsp3) is 1.00. The molecule has 4 N–H and O–H groups in total. The average Bonchev–Trinajstić information content (AvgIpc) is 2.00. The Morgan fingerprint density at radius 3 is 2.07 bits per heavy atom. The quantitative estimate of drug-likeness (QED) is 0.403. The molecule has 0 radical (unpaired) electrons. The molecule has 94 valence electrons. The Morgan fingerprint density at radius 1 is 1.27 bits per heavy atom. The van der Waals surface area contributed by atoms with E-state index in [0.29, 0.717) is 6.61 Å². The summed E-state index contributed by atoms with van der Waals surface area (Å²) in [6.45, 7) is 5.16. The molecule has 7 heteroatoms. The highest BCUT2D eigenvalue weighted by molar-refractivity contribution is 7.45. The first-order valence-electron chi connectivity index (χ1n) is 4.81. The molecular weight excluding hydrogens is 223 g/mol. The Morgan fingerprint density at radius 2 is 1.73 bits per heavy atom. The Bertz CT molecular complexity index is 158. The monoisotopic (exact) mass is 244 g/mol. The van der Waals surface area contributed by atoms with Gasteiger partial charge in [-0.25, -0.2) is 4.57 Å². The van der Waals surface area contributed by atoms with Crippen LogP contribution in [0.2, 0.25) is 0 Å². The Kier molecular flexibility index (Phi) is 12.2. The second-order valence-electron chi connectivity index (χ2n) is 3.14. The summed E-state index contributed by atoms with van der Waals surface area (Å²) in [5, 5.41) is 8.78. The van der Waals surface area contributed by atoms with E-state index < -0.39 is 7.82 Å². The molecule has 0 aliphatic rings. The van der Waals surface area contributed by atoms with Gasteiger partial charge in [0.05, 0.1) is 12.7 Å². The minimum atomic E-state index is -4.64. The molecule has 0 aromatic carbocycles. The van der Waals surface area contributed by atoms with Crippen molar-refractivity contribution in [1.82, 2.24) is 0 Å². The number of hydrogen-bond donors (Lipinski definition) is 4. The molecule has 1 atom stereocenters. The molecule has 0 bridgehead atoms. The maximum atomic E-state index is 8.88. The van der Waals surface area contributed by atoms with E-state index in [0.717, 1.165) is 13.0 Å². The number of ether oxygens (including phenoxy) is 1. The molecule has 15 heavy (non-hydrogen) atoms. The standard InChI is InChI=1S/C8H18O2.H3O4P/c1-3-4-5-6-10-7-8(2)9;1-5(2,3)4/h8-9H,3-7H2,1-2H3;(H3,1,2,3,4). The van der Waals surface area contributed by atoms with Crippen LogP contribution >= 0.6 is 7.82 Å². The summed E-state index contributed by atoms with van der Waals surface area (Å²) in [6.07, 6.45) is 3.24. The van der Waals surface area contributed by atoms with Gasteiger partial charge in [0.2, 0.25) is 0 Å². The topological polar surface area (TPSA) is 107 Å². The first-order chi connectivity index (χ1) is 6.77. The van der Waals surface area contributed by atoms with Crippen molar-refractivity contribution in [3.63, 3.8) is 0 Å². The summed E-state index contributed by atoms with van der Waals surface area (Å²) in [7, 11) is -4.64. The molecule has 1 unspecified atom stereocenters. The summed E-state index contributed by atoms with van der Waals surface area (Å²) in [5.74, 6) is 0. The van der Waals surface area contributed by atoms with Gasteiger partial charge in [-0.3, -0.25) is 0 Å². The highest BCUT2D eigenvalue weighted by Gasteiger charge is 2.00. The fourth-order valence-electron chi connectivity index (χ4n) is 0.708. The van der Waals surface area contributed by atoms with Gasteiger partial charge < -0.3 is 24.5 Å². The lowest BCUT2D eigenvalue weighted by atomic mass is 10.3. The van der Waals surface area contributed by atoms with Crippen LogP contribution in [0.1, 0.15) is 33.1 Å². The van der Waals surface area contributed by atoms with Gasteiger partial charge in [-0.2, -0.15) is 0 Å². The van der Waals surface area contributed by atoms with E-state index in [-0.39, 0.29) is 6.10 Å². The van der Waals surface area contributed by atoms with Gasteiger partial charge >= 0.3 is 7.82 Å². The van der Waals surface area contributed by atoms with E-state index in [4.69, 9.17) is 29.1 Å². The molecule has 0 saturated heterocycles. The van der Waals surface area contributed by atoms with Crippen molar-refractivity contribution < 1.29 is 29.1 Å². The van der Waals surface area contributed by atoms with Gasteiger partial charge in [-0.05, 0) is 13.3 Å². The van der Waals surface area contributed by atoms with Crippen molar-refractivity contribution in [3.8, 4) is 0 Å². The van der Waals surface area contributed by atoms with E-state index in [2.05, 4.69) is 6.92 Å². The number of hydrogen-bond acceptors (Lipinski definition) is 3. The lowest BCUT2D eigenvalue weighted by Crippen LogP contribution is -2.10. The van der Waals surface area contributed by atoms with Crippen LogP contribution in [0.25, 0.3) is 0 Å². The molecule has 0 saturated carbocycles. The van der Waals surface area contributed by atoms with E-state index in [9.17, 15) is 0 Å². The van der Waals surface area contributed by atoms with Crippen LogP contribution in [0.4, 0.5) is 0 Å². The third-order valence-electron chi connectivity index (χ3n) is 1.25. The average molecular weight is 244 g/mol. The van der Waals surface area contributed by atoms with Gasteiger partial charge in [-0.15, -0.1) is 0 Å². The summed E-state index contributed by atoms with van der Waals surface area (Å²) >= 11 is 0. The van der Waals surface area contributed by atoms with Crippen LogP contribution < -0.4 is 0 Å². The van der Waals surface area contributed by atoms with Crippen LogP contribution in [-0.2, 0) is 9.30 Å². The highest BCUT2D eigenvalue weighted by Crippen LogP contribution is 2.25. The van der Waals surface area contributed by atoms with Crippen LogP contribution in [0.3, 0.4) is 0 Å². The van der Waals surface area contributed by atoms with Gasteiger partial charge in [-0.1, -0.05) is 19.8 Å². The zero-order valence-corrected chi connectivity index (χ0v) is 10.1. The van der Waals surface area contributed by atoms with Crippen molar-refractivity contribution in [2.24, 2.45) is 0 Å². The van der Waals surface area contributed by atoms with Gasteiger partial charge in [0, 0.05) is 6.61 Å². The molecule has 0 heterocycles. The summed E-state index contributed by atoms with van der Waals surface area (Å²) in [5.41, 5.74) is 0. The zero-order valence-electron chi connectivity index (χ0n) is 9.17. The summed E-state index contributed by atoms with van der Waals surface area (Å²) in [6, 6.07) is 0. The number of unbranched alkanes of at least 4 members (excludes halogenated alkanes) is 2. The Hall–Kier alpha value is 0.0300. The minimum Gasteiger partial charge on any atom is -0.391 e. The molecule has 0 spiro atoms. The van der Waals surface area contributed by atoms with Crippen molar-refractivity contribution in [2.45, 2.75) is 39.2 Å². The number of aliphatic hydroxyl groups is 1. The number of rotatable bonds is 6. The second-order valence-corrected chi connectivity index (χ2v) is 4.17. The van der Waals surface area contributed by atoms with Crippen LogP contribution in [0.5, 0.6) is 0 Å². The Balaban J connectivity index is 0. The maximum absolute atomic E-state index is 8.88. The molecule has 0 fully saturated rings. The normalized spacial score (nSPS) is 12.9. The van der Waals surface area contributed by atoms with Crippen LogP contribution in [-0.4, -0.2) is 39.1 Å². The van der Waals surface area contributed by atoms with Gasteiger partial charge in [0.1, 0.15) is 0 Å². The minimum absolute atomic E-state index is 0.318. The first kappa shape index (κ1) is 17.4.